The van der Waals surface area contributed by atoms with Crippen molar-refractivity contribution in [1.82, 2.24) is 15.0 Å². The van der Waals surface area contributed by atoms with E-state index in [1.807, 2.05) is 65.0 Å². The second kappa shape index (κ2) is 12.6. The average Bonchev–Trinajstić information content (AvgIpc) is 3.22. The van der Waals surface area contributed by atoms with E-state index in [9.17, 15) is 4.79 Å². The van der Waals surface area contributed by atoms with Crippen molar-refractivity contribution in [3.05, 3.63) is 58.9 Å². The number of benzene rings is 2. The van der Waals surface area contributed by atoms with Gasteiger partial charge in [-0.25, -0.2) is 4.68 Å². The number of nitrogens with zero attached hydrogens (tertiary/aromatic N) is 3. The highest BCUT2D eigenvalue weighted by atomic mass is 16.5. The van der Waals surface area contributed by atoms with Crippen LogP contribution in [0.3, 0.4) is 0 Å². The third-order valence-corrected chi connectivity index (χ3v) is 5.79. The van der Waals surface area contributed by atoms with E-state index in [1.165, 1.54) is 0 Å². The van der Waals surface area contributed by atoms with Crippen LogP contribution in [0.15, 0.2) is 36.4 Å². The van der Waals surface area contributed by atoms with Gasteiger partial charge in [0, 0.05) is 0 Å². The largest absolute Gasteiger partial charge is 0.494 e. The first-order valence-electron chi connectivity index (χ1n) is 12.7. The number of rotatable bonds is 8. The van der Waals surface area contributed by atoms with Crippen molar-refractivity contribution in [2.45, 2.75) is 86.7 Å². The lowest BCUT2D eigenvalue weighted by Crippen LogP contribution is -2.19. The van der Waals surface area contributed by atoms with Crippen LogP contribution < -0.4 is 14.8 Å². The number of methoxy groups -OCH3 is 1. The maximum Gasteiger partial charge on any atom is 0.278 e. The monoisotopic (exact) mass is 494 g/mol. The van der Waals surface area contributed by atoms with Crippen molar-refractivity contribution < 1.29 is 14.3 Å². The van der Waals surface area contributed by atoms with Crippen molar-refractivity contribution in [2.24, 2.45) is 0 Å². The molecule has 7 nitrogen and oxygen atoms in total. The van der Waals surface area contributed by atoms with Crippen LogP contribution >= 0.6 is 0 Å². The van der Waals surface area contributed by atoms with Gasteiger partial charge in [0.1, 0.15) is 17.2 Å². The average molecular weight is 495 g/mol. The minimum absolute atomic E-state index is 0.0394. The van der Waals surface area contributed by atoms with Crippen molar-refractivity contribution in [1.29, 1.82) is 0 Å². The Bertz CT molecular complexity index is 1160. The number of anilines is 1. The smallest absolute Gasteiger partial charge is 0.278 e. The Morgan fingerprint density at radius 3 is 2.36 bits per heavy atom. The molecule has 0 fully saturated rings. The fraction of sp³-hybridized carbons (Fsp3) is 0.483. The molecule has 7 heteroatoms. The summed E-state index contributed by atoms with van der Waals surface area (Å²) < 4.78 is 13.3. The van der Waals surface area contributed by atoms with E-state index in [2.05, 4.69) is 49.4 Å². The van der Waals surface area contributed by atoms with Crippen LogP contribution in [0.4, 0.5) is 5.69 Å². The molecule has 0 spiro atoms. The van der Waals surface area contributed by atoms with Gasteiger partial charge >= 0.3 is 0 Å². The van der Waals surface area contributed by atoms with Gasteiger partial charge < -0.3 is 14.8 Å². The van der Waals surface area contributed by atoms with Gasteiger partial charge in [-0.05, 0) is 68.0 Å². The van der Waals surface area contributed by atoms with Crippen molar-refractivity contribution >= 4 is 11.6 Å². The van der Waals surface area contributed by atoms with Gasteiger partial charge in [-0.2, -0.15) is 0 Å². The highest BCUT2D eigenvalue weighted by Gasteiger charge is 2.23. The molecule has 2 aromatic carbocycles. The maximum atomic E-state index is 13.3. The maximum absolute atomic E-state index is 13.3. The lowest BCUT2D eigenvalue weighted by Gasteiger charge is -2.23. The summed E-state index contributed by atoms with van der Waals surface area (Å²) in [6, 6.07) is 11.8. The van der Waals surface area contributed by atoms with Crippen LogP contribution in [-0.4, -0.2) is 34.1 Å². The molecule has 0 saturated carbocycles. The zero-order valence-corrected chi connectivity index (χ0v) is 23.5. The summed E-state index contributed by atoms with van der Waals surface area (Å²) in [5.41, 5.74) is 4.31. The van der Waals surface area contributed by atoms with Gasteiger partial charge in [0.15, 0.2) is 5.69 Å². The molecular weight excluding hydrogens is 452 g/mol. The number of nitrogens with one attached hydrogen (secondary N) is 1. The number of ether oxygens (including phenoxy) is 2. The lowest BCUT2D eigenvalue weighted by atomic mass is 9.87. The van der Waals surface area contributed by atoms with E-state index < -0.39 is 0 Å². The molecular formula is C29H42N4O3. The fourth-order valence-corrected chi connectivity index (χ4v) is 3.79. The number of carbonyl (C=O) groups is 1. The Morgan fingerprint density at radius 1 is 1.08 bits per heavy atom. The quantitative estimate of drug-likeness (QED) is 0.363. The second-order valence-corrected chi connectivity index (χ2v) is 9.74. The van der Waals surface area contributed by atoms with Gasteiger partial charge in [0.25, 0.3) is 5.91 Å². The first-order chi connectivity index (χ1) is 17.0. The van der Waals surface area contributed by atoms with Gasteiger partial charge in [-0.15, -0.1) is 5.10 Å². The topological polar surface area (TPSA) is 78.3 Å². The Labute approximate surface area is 216 Å². The Hall–Kier alpha value is -3.35. The molecule has 1 unspecified atom stereocenters. The predicted molar refractivity (Wildman–Crippen MR) is 147 cm³/mol. The van der Waals surface area contributed by atoms with Gasteiger partial charge in [0.2, 0.25) is 0 Å². The molecule has 3 rings (SSSR count). The lowest BCUT2D eigenvalue weighted by molar-refractivity contribution is 0.102. The van der Waals surface area contributed by atoms with Crippen molar-refractivity contribution in [3.8, 4) is 17.2 Å². The molecule has 0 aliphatic carbocycles. The normalized spacial score (nSPS) is 11.8. The van der Waals surface area contributed by atoms with E-state index in [0.29, 0.717) is 22.9 Å². The SMILES string of the molecule is CC.CCCC(C)Oc1ccc(C(C)(C)C)cc1NC(=O)c1nnn(-c2cc(C)ccc2OC)c1C. The molecule has 1 atom stereocenters. The van der Waals surface area contributed by atoms with Gasteiger partial charge in [-0.3, -0.25) is 4.79 Å². The number of hydrogen-bond acceptors (Lipinski definition) is 5. The zero-order chi connectivity index (χ0) is 27.0. The highest BCUT2D eigenvalue weighted by molar-refractivity contribution is 6.04. The second-order valence-electron chi connectivity index (χ2n) is 9.74. The summed E-state index contributed by atoms with van der Waals surface area (Å²) in [5.74, 6) is 0.964. The van der Waals surface area contributed by atoms with Crippen LogP contribution in [0, 0.1) is 13.8 Å². The summed E-state index contributed by atoms with van der Waals surface area (Å²) in [7, 11) is 1.61. The standard InChI is InChI=1S/C27H36N4O3.C2H6/c1-9-10-18(3)34-23-14-12-20(27(5,6)7)16-21(23)28-26(32)25-19(4)31(30-29-25)22-15-17(2)11-13-24(22)33-8;1-2/h11-16,18H,9-10H2,1-8H3,(H,28,32);1-2H3. The van der Waals surface area contributed by atoms with E-state index in [4.69, 9.17) is 9.47 Å². The Balaban J connectivity index is 0.00000222. The minimum atomic E-state index is -0.338. The van der Waals surface area contributed by atoms with Crippen LogP contribution in [0.5, 0.6) is 11.5 Å². The molecule has 0 aliphatic rings. The molecule has 1 aromatic heterocycles. The van der Waals surface area contributed by atoms with Gasteiger partial charge in [-0.1, -0.05) is 65.3 Å². The Kier molecular flexibility index (Phi) is 10.1. The summed E-state index contributed by atoms with van der Waals surface area (Å²) in [6.07, 6.45) is 1.99. The van der Waals surface area contributed by atoms with Crippen LogP contribution in [-0.2, 0) is 5.41 Å². The van der Waals surface area contributed by atoms with Crippen molar-refractivity contribution in [2.75, 3.05) is 12.4 Å². The number of aryl methyl sites for hydroxylation is 1. The highest BCUT2D eigenvalue weighted by Crippen LogP contribution is 2.33. The number of hydrogen-bond donors (Lipinski definition) is 1. The Morgan fingerprint density at radius 2 is 1.75 bits per heavy atom. The molecule has 3 aromatic rings. The molecule has 0 radical (unpaired) electrons. The molecule has 0 saturated heterocycles. The fourth-order valence-electron chi connectivity index (χ4n) is 3.79. The van der Waals surface area contributed by atoms with Gasteiger partial charge in [0.05, 0.1) is 24.6 Å². The summed E-state index contributed by atoms with van der Waals surface area (Å²) >= 11 is 0. The summed E-state index contributed by atoms with van der Waals surface area (Å²) in [5, 5.41) is 11.5. The summed E-state index contributed by atoms with van der Waals surface area (Å²) in [6.45, 7) is 18.4. The number of amides is 1. The molecule has 36 heavy (non-hydrogen) atoms. The molecule has 196 valence electrons. The molecule has 1 N–H and O–H groups in total. The third kappa shape index (κ3) is 6.86. The van der Waals surface area contributed by atoms with E-state index in [0.717, 1.165) is 29.7 Å². The minimum Gasteiger partial charge on any atom is -0.494 e. The first-order valence-corrected chi connectivity index (χ1v) is 12.7. The molecule has 1 amide bonds. The molecule has 1 heterocycles. The number of carbonyl (C=O) groups excluding carboxylic acids is 1. The first kappa shape index (κ1) is 28.9. The zero-order valence-electron chi connectivity index (χ0n) is 23.5. The predicted octanol–water partition coefficient (Wildman–Crippen LogP) is 7.04. The summed E-state index contributed by atoms with van der Waals surface area (Å²) in [4.78, 5) is 13.3. The van der Waals surface area contributed by atoms with Crippen LogP contribution in [0.2, 0.25) is 0 Å². The third-order valence-electron chi connectivity index (χ3n) is 5.79. The number of aromatic nitrogens is 3. The van der Waals surface area contributed by atoms with E-state index in [1.54, 1.807) is 11.8 Å². The van der Waals surface area contributed by atoms with E-state index >= 15 is 0 Å². The van der Waals surface area contributed by atoms with Crippen LogP contribution in [0.1, 0.15) is 88.6 Å². The molecule has 0 bridgehead atoms. The van der Waals surface area contributed by atoms with E-state index in [-0.39, 0.29) is 23.1 Å². The van der Waals surface area contributed by atoms with Crippen molar-refractivity contribution in [3.63, 3.8) is 0 Å². The molecule has 0 aliphatic heterocycles. The van der Waals surface area contributed by atoms with Crippen LogP contribution in [0.25, 0.3) is 5.69 Å².